The quantitative estimate of drug-likeness (QED) is 0.318. The van der Waals surface area contributed by atoms with Gasteiger partial charge in [0.1, 0.15) is 12.4 Å². The SMILES string of the molecule is COc1ccc(-c2ccc(S(=O)(=O)c3ccccc3CC(=O)OCc3ccccc3)cc2)cc1. The molecule has 0 bridgehead atoms. The van der Waals surface area contributed by atoms with Crippen LogP contribution in [0.2, 0.25) is 0 Å². The van der Waals surface area contributed by atoms with E-state index in [1.54, 1.807) is 49.6 Å². The van der Waals surface area contributed by atoms with Crippen LogP contribution in [0.3, 0.4) is 0 Å². The molecule has 34 heavy (non-hydrogen) atoms. The summed E-state index contributed by atoms with van der Waals surface area (Å²) in [6.07, 6.45) is -0.133. The van der Waals surface area contributed by atoms with Gasteiger partial charge < -0.3 is 9.47 Å². The van der Waals surface area contributed by atoms with Crippen LogP contribution in [0.25, 0.3) is 11.1 Å². The van der Waals surface area contributed by atoms with Crippen LogP contribution in [0, 0.1) is 0 Å². The summed E-state index contributed by atoms with van der Waals surface area (Å²) in [4.78, 5) is 12.7. The van der Waals surface area contributed by atoms with E-state index in [1.807, 2.05) is 54.6 Å². The molecule has 5 nitrogen and oxygen atoms in total. The molecule has 4 rings (SSSR count). The summed E-state index contributed by atoms with van der Waals surface area (Å²) in [5.74, 6) is 0.267. The molecule has 0 radical (unpaired) electrons. The number of rotatable bonds is 8. The molecular formula is C28H24O5S. The van der Waals surface area contributed by atoms with Gasteiger partial charge in [-0.3, -0.25) is 4.79 Å². The van der Waals surface area contributed by atoms with Gasteiger partial charge in [0, 0.05) is 0 Å². The van der Waals surface area contributed by atoms with E-state index in [9.17, 15) is 13.2 Å². The van der Waals surface area contributed by atoms with E-state index in [4.69, 9.17) is 9.47 Å². The van der Waals surface area contributed by atoms with Gasteiger partial charge in [-0.1, -0.05) is 72.8 Å². The molecule has 4 aromatic carbocycles. The van der Waals surface area contributed by atoms with Crippen molar-refractivity contribution in [3.63, 3.8) is 0 Å². The minimum absolute atomic E-state index is 0.101. The van der Waals surface area contributed by atoms with Gasteiger partial charge in [-0.25, -0.2) is 8.42 Å². The first kappa shape index (κ1) is 23.3. The molecule has 0 aliphatic carbocycles. The second-order valence-corrected chi connectivity index (χ2v) is 9.61. The van der Waals surface area contributed by atoms with Crippen LogP contribution in [0.5, 0.6) is 5.75 Å². The molecule has 0 N–H and O–H groups in total. The lowest BCUT2D eigenvalue weighted by Crippen LogP contribution is -2.12. The zero-order valence-corrected chi connectivity index (χ0v) is 19.5. The Morgan fingerprint density at radius 1 is 0.735 bits per heavy atom. The lowest BCUT2D eigenvalue weighted by molar-refractivity contribution is -0.144. The predicted octanol–water partition coefficient (Wildman–Crippen LogP) is 5.48. The Labute approximate surface area is 199 Å². The third-order valence-corrected chi connectivity index (χ3v) is 7.30. The Hall–Kier alpha value is -3.90. The number of ether oxygens (including phenoxy) is 2. The summed E-state index contributed by atoms with van der Waals surface area (Å²) in [5, 5.41) is 0. The lowest BCUT2D eigenvalue weighted by atomic mass is 10.1. The second kappa shape index (κ2) is 10.4. The van der Waals surface area contributed by atoms with E-state index in [-0.39, 0.29) is 22.8 Å². The molecule has 0 heterocycles. The monoisotopic (exact) mass is 472 g/mol. The van der Waals surface area contributed by atoms with E-state index in [0.29, 0.717) is 5.56 Å². The van der Waals surface area contributed by atoms with E-state index in [0.717, 1.165) is 22.4 Å². The number of carbonyl (C=O) groups is 1. The summed E-state index contributed by atoms with van der Waals surface area (Å²) >= 11 is 0. The molecule has 0 fully saturated rings. The molecule has 0 amide bonds. The Bertz CT molecular complexity index is 1360. The standard InChI is InChI=1S/C28H24O5S/c1-32-25-15-11-22(12-16-25)23-13-17-26(18-14-23)34(30,31)27-10-6-5-9-24(27)19-28(29)33-20-21-7-3-2-4-8-21/h2-18H,19-20H2,1H3. The minimum Gasteiger partial charge on any atom is -0.497 e. The highest BCUT2D eigenvalue weighted by molar-refractivity contribution is 7.91. The highest BCUT2D eigenvalue weighted by Crippen LogP contribution is 2.28. The molecule has 4 aromatic rings. The summed E-state index contributed by atoms with van der Waals surface area (Å²) < 4.78 is 37.3. The van der Waals surface area contributed by atoms with Gasteiger partial charge in [0.15, 0.2) is 0 Å². The molecule has 0 atom stereocenters. The largest absolute Gasteiger partial charge is 0.497 e. The topological polar surface area (TPSA) is 69.7 Å². The number of carbonyl (C=O) groups excluding carboxylic acids is 1. The smallest absolute Gasteiger partial charge is 0.310 e. The van der Waals surface area contributed by atoms with Gasteiger partial charge >= 0.3 is 5.97 Å². The van der Waals surface area contributed by atoms with Crippen molar-refractivity contribution in [2.24, 2.45) is 0 Å². The van der Waals surface area contributed by atoms with Crippen LogP contribution < -0.4 is 4.74 Å². The summed E-state index contributed by atoms with van der Waals surface area (Å²) in [6.45, 7) is 0.140. The zero-order chi connectivity index (χ0) is 24.0. The summed E-state index contributed by atoms with van der Waals surface area (Å²) in [6, 6.07) is 30.1. The van der Waals surface area contributed by atoms with E-state index in [1.165, 1.54) is 6.07 Å². The highest BCUT2D eigenvalue weighted by Gasteiger charge is 2.22. The maximum atomic E-state index is 13.4. The maximum absolute atomic E-state index is 13.4. The Kier molecular flexibility index (Phi) is 7.09. The molecule has 0 saturated carbocycles. The van der Waals surface area contributed by atoms with Gasteiger partial charge in [-0.05, 0) is 52.6 Å². The Morgan fingerprint density at radius 3 is 1.97 bits per heavy atom. The van der Waals surface area contributed by atoms with Crippen molar-refractivity contribution in [2.45, 2.75) is 22.8 Å². The van der Waals surface area contributed by atoms with Gasteiger partial charge in [0.2, 0.25) is 9.84 Å². The van der Waals surface area contributed by atoms with Crippen molar-refractivity contribution in [3.8, 4) is 16.9 Å². The predicted molar refractivity (Wildman–Crippen MR) is 130 cm³/mol. The number of benzene rings is 4. The summed E-state index contributed by atoms with van der Waals surface area (Å²) in [5.41, 5.74) is 3.11. The highest BCUT2D eigenvalue weighted by atomic mass is 32.2. The lowest BCUT2D eigenvalue weighted by Gasteiger charge is -2.12. The first-order chi connectivity index (χ1) is 16.5. The second-order valence-electron chi connectivity index (χ2n) is 7.69. The minimum atomic E-state index is -3.82. The first-order valence-corrected chi connectivity index (χ1v) is 12.2. The molecule has 0 unspecified atom stereocenters. The van der Waals surface area contributed by atoms with Crippen molar-refractivity contribution in [3.05, 3.63) is 114 Å². The molecule has 0 aromatic heterocycles. The van der Waals surface area contributed by atoms with Gasteiger partial charge in [0.25, 0.3) is 0 Å². The number of sulfone groups is 1. The Morgan fingerprint density at radius 2 is 1.32 bits per heavy atom. The van der Waals surface area contributed by atoms with E-state index in [2.05, 4.69) is 0 Å². The third kappa shape index (κ3) is 5.35. The van der Waals surface area contributed by atoms with Crippen LogP contribution in [-0.2, 0) is 32.4 Å². The fraction of sp³-hybridized carbons (Fsp3) is 0.107. The van der Waals surface area contributed by atoms with Crippen molar-refractivity contribution in [1.82, 2.24) is 0 Å². The average molecular weight is 473 g/mol. The van der Waals surface area contributed by atoms with Crippen LogP contribution in [0.4, 0.5) is 0 Å². The van der Waals surface area contributed by atoms with Gasteiger partial charge in [0.05, 0.1) is 23.3 Å². The van der Waals surface area contributed by atoms with E-state index >= 15 is 0 Å². The molecule has 6 heteroatoms. The average Bonchev–Trinajstić information content (AvgIpc) is 2.88. The van der Waals surface area contributed by atoms with Crippen molar-refractivity contribution in [1.29, 1.82) is 0 Å². The van der Waals surface area contributed by atoms with Gasteiger partial charge in [-0.15, -0.1) is 0 Å². The van der Waals surface area contributed by atoms with Crippen LogP contribution in [0.15, 0.2) is 113 Å². The van der Waals surface area contributed by atoms with Crippen molar-refractivity contribution >= 4 is 15.8 Å². The molecule has 0 aliphatic heterocycles. The third-order valence-electron chi connectivity index (χ3n) is 5.43. The normalized spacial score (nSPS) is 11.1. The van der Waals surface area contributed by atoms with E-state index < -0.39 is 15.8 Å². The summed E-state index contributed by atoms with van der Waals surface area (Å²) in [7, 11) is -2.21. The van der Waals surface area contributed by atoms with Crippen LogP contribution >= 0.6 is 0 Å². The fourth-order valence-electron chi connectivity index (χ4n) is 3.59. The van der Waals surface area contributed by atoms with Crippen molar-refractivity contribution < 1.29 is 22.7 Å². The number of hydrogen-bond donors (Lipinski definition) is 0. The van der Waals surface area contributed by atoms with Gasteiger partial charge in [-0.2, -0.15) is 0 Å². The molecule has 0 saturated heterocycles. The molecule has 0 spiro atoms. The van der Waals surface area contributed by atoms with Crippen molar-refractivity contribution in [2.75, 3.05) is 7.11 Å². The molecular weight excluding hydrogens is 448 g/mol. The molecule has 0 aliphatic rings. The number of hydrogen-bond acceptors (Lipinski definition) is 5. The molecule has 172 valence electrons. The number of methoxy groups -OCH3 is 1. The van der Waals surface area contributed by atoms with Crippen LogP contribution in [0.1, 0.15) is 11.1 Å². The zero-order valence-electron chi connectivity index (χ0n) is 18.7. The fourth-order valence-corrected chi connectivity index (χ4v) is 5.09. The maximum Gasteiger partial charge on any atom is 0.310 e. The number of esters is 1. The first-order valence-electron chi connectivity index (χ1n) is 10.7. The Balaban J connectivity index is 1.52. The van der Waals surface area contributed by atoms with Crippen LogP contribution in [-0.4, -0.2) is 21.5 Å².